The Hall–Kier alpha value is -2.95. The van der Waals surface area contributed by atoms with E-state index < -0.39 is 0 Å². The zero-order valence-corrected chi connectivity index (χ0v) is 14.5. The molecule has 0 unspecified atom stereocenters. The Morgan fingerprint density at radius 3 is 2.80 bits per heavy atom. The Morgan fingerprint density at radius 1 is 1.24 bits per heavy atom. The minimum Gasteiger partial charge on any atom is -0.347 e. The highest BCUT2D eigenvalue weighted by atomic mass is 16.2. The van der Waals surface area contributed by atoms with Gasteiger partial charge >= 0.3 is 0 Å². The zero-order valence-electron chi connectivity index (χ0n) is 14.5. The normalized spacial score (nSPS) is 10.8. The topological polar surface area (TPSA) is 64.0 Å². The summed E-state index contributed by atoms with van der Waals surface area (Å²) >= 11 is 0. The second kappa shape index (κ2) is 7.30. The number of fused-ring (bicyclic) bond motifs is 1. The summed E-state index contributed by atoms with van der Waals surface area (Å²) in [6.45, 7) is 4.83. The third kappa shape index (κ3) is 3.60. The molecular weight excluding hydrogens is 314 g/mol. The lowest BCUT2D eigenvalue weighted by Gasteiger charge is -2.14. The fraction of sp³-hybridized carbons (Fsp3) is 0.250. The first-order valence-electron chi connectivity index (χ1n) is 8.41. The Bertz CT molecular complexity index is 962. The molecule has 2 heterocycles. The van der Waals surface area contributed by atoms with Crippen LogP contribution in [0.15, 0.2) is 53.6 Å². The molecular formula is C20H21N3O2. The van der Waals surface area contributed by atoms with Crippen LogP contribution in [0.25, 0.3) is 10.8 Å². The van der Waals surface area contributed by atoms with Gasteiger partial charge in [-0.25, -0.2) is 0 Å². The molecule has 25 heavy (non-hydrogen) atoms. The molecule has 0 aliphatic heterocycles. The fourth-order valence-electron chi connectivity index (χ4n) is 2.87. The minimum absolute atomic E-state index is 0.116. The zero-order chi connectivity index (χ0) is 17.8. The van der Waals surface area contributed by atoms with E-state index >= 15 is 0 Å². The third-order valence-corrected chi connectivity index (χ3v) is 4.12. The first-order chi connectivity index (χ1) is 12.1. The van der Waals surface area contributed by atoms with Crippen molar-refractivity contribution in [1.82, 2.24) is 14.9 Å². The second-order valence-electron chi connectivity index (χ2n) is 6.12. The molecule has 1 N–H and O–H groups in total. The predicted molar refractivity (Wildman–Crippen MR) is 98.6 cm³/mol. The molecule has 0 spiro atoms. The second-order valence-corrected chi connectivity index (χ2v) is 6.12. The average Bonchev–Trinajstić information content (AvgIpc) is 2.63. The molecule has 5 heteroatoms. The Labute approximate surface area is 146 Å². The summed E-state index contributed by atoms with van der Waals surface area (Å²) in [5.41, 5.74) is 2.22. The van der Waals surface area contributed by atoms with Crippen molar-refractivity contribution < 1.29 is 4.79 Å². The Morgan fingerprint density at radius 2 is 2.08 bits per heavy atom. The number of carbonyl (C=O) groups is 1. The summed E-state index contributed by atoms with van der Waals surface area (Å²) in [6.07, 6.45) is 4.18. The average molecular weight is 335 g/mol. The van der Waals surface area contributed by atoms with Crippen LogP contribution in [-0.4, -0.2) is 15.5 Å². The van der Waals surface area contributed by atoms with E-state index in [2.05, 4.69) is 10.3 Å². The summed E-state index contributed by atoms with van der Waals surface area (Å²) in [6, 6.07) is 11.2. The SMILES string of the molecule is CCCn1c(C(=O)NCc2cccnc2)cc2ccc(C)cc2c1=O. The monoisotopic (exact) mass is 335 g/mol. The highest BCUT2D eigenvalue weighted by molar-refractivity contribution is 5.96. The summed E-state index contributed by atoms with van der Waals surface area (Å²) in [5.74, 6) is -0.253. The van der Waals surface area contributed by atoms with E-state index in [9.17, 15) is 9.59 Å². The largest absolute Gasteiger partial charge is 0.347 e. The van der Waals surface area contributed by atoms with Crippen LogP contribution in [0.1, 0.15) is 35.0 Å². The van der Waals surface area contributed by atoms with Gasteiger partial charge in [-0.15, -0.1) is 0 Å². The fourth-order valence-corrected chi connectivity index (χ4v) is 2.87. The van der Waals surface area contributed by atoms with Crippen LogP contribution in [0, 0.1) is 6.92 Å². The van der Waals surface area contributed by atoms with Crippen molar-refractivity contribution >= 4 is 16.7 Å². The number of benzene rings is 1. The van der Waals surface area contributed by atoms with Crippen LogP contribution >= 0.6 is 0 Å². The number of hydrogen-bond acceptors (Lipinski definition) is 3. The van der Waals surface area contributed by atoms with Crippen LogP contribution < -0.4 is 10.9 Å². The molecule has 0 aliphatic carbocycles. The van der Waals surface area contributed by atoms with Crippen LogP contribution in [0.2, 0.25) is 0 Å². The highest BCUT2D eigenvalue weighted by Crippen LogP contribution is 2.15. The van der Waals surface area contributed by atoms with Crippen molar-refractivity contribution in [3.05, 3.63) is 76.0 Å². The molecule has 0 saturated carbocycles. The van der Waals surface area contributed by atoms with E-state index in [0.29, 0.717) is 24.2 Å². The molecule has 2 aromatic heterocycles. The van der Waals surface area contributed by atoms with Gasteiger partial charge in [-0.2, -0.15) is 0 Å². The molecule has 0 aliphatic rings. The van der Waals surface area contributed by atoms with Gasteiger partial charge in [0.15, 0.2) is 0 Å². The molecule has 0 bridgehead atoms. The molecule has 0 fully saturated rings. The van der Waals surface area contributed by atoms with Crippen LogP contribution in [0.5, 0.6) is 0 Å². The van der Waals surface area contributed by atoms with Crippen molar-refractivity contribution in [2.45, 2.75) is 33.4 Å². The maximum Gasteiger partial charge on any atom is 0.268 e. The maximum atomic E-state index is 12.8. The van der Waals surface area contributed by atoms with Crippen LogP contribution in [0.4, 0.5) is 0 Å². The minimum atomic E-state index is -0.253. The number of nitrogens with zero attached hydrogens (tertiary/aromatic N) is 2. The van der Waals surface area contributed by atoms with Gasteiger partial charge < -0.3 is 9.88 Å². The number of aromatic nitrogens is 2. The molecule has 0 atom stereocenters. The molecule has 0 saturated heterocycles. The van der Waals surface area contributed by atoms with Gasteiger partial charge in [-0.05, 0) is 42.5 Å². The van der Waals surface area contributed by atoms with Crippen molar-refractivity contribution in [2.24, 2.45) is 0 Å². The number of aryl methyl sites for hydroxylation is 1. The lowest BCUT2D eigenvalue weighted by atomic mass is 10.1. The highest BCUT2D eigenvalue weighted by Gasteiger charge is 2.15. The van der Waals surface area contributed by atoms with Gasteiger partial charge in [-0.3, -0.25) is 14.6 Å². The molecule has 128 valence electrons. The van der Waals surface area contributed by atoms with Gasteiger partial charge in [0, 0.05) is 30.9 Å². The van der Waals surface area contributed by atoms with E-state index in [1.165, 1.54) is 0 Å². The van der Waals surface area contributed by atoms with Crippen LogP contribution in [0.3, 0.4) is 0 Å². The number of rotatable bonds is 5. The molecule has 0 radical (unpaired) electrons. The van der Waals surface area contributed by atoms with Gasteiger partial charge in [0.25, 0.3) is 11.5 Å². The smallest absolute Gasteiger partial charge is 0.268 e. The van der Waals surface area contributed by atoms with E-state index in [1.807, 2.05) is 44.2 Å². The van der Waals surface area contributed by atoms with Crippen LogP contribution in [-0.2, 0) is 13.1 Å². The van der Waals surface area contributed by atoms with Gasteiger partial charge in [-0.1, -0.05) is 30.7 Å². The number of hydrogen-bond donors (Lipinski definition) is 1. The summed E-state index contributed by atoms with van der Waals surface area (Å²) in [5, 5.41) is 4.32. The molecule has 3 rings (SSSR count). The predicted octanol–water partition coefficient (Wildman–Crippen LogP) is 3.04. The summed E-state index contributed by atoms with van der Waals surface area (Å²) in [4.78, 5) is 29.6. The van der Waals surface area contributed by atoms with Crippen molar-refractivity contribution in [3.8, 4) is 0 Å². The summed E-state index contributed by atoms with van der Waals surface area (Å²) in [7, 11) is 0. The molecule has 1 aromatic carbocycles. The Kier molecular flexibility index (Phi) is 4.93. The Balaban J connectivity index is 1.98. The van der Waals surface area contributed by atoms with Crippen molar-refractivity contribution in [3.63, 3.8) is 0 Å². The maximum absolute atomic E-state index is 12.8. The van der Waals surface area contributed by atoms with Crippen molar-refractivity contribution in [1.29, 1.82) is 0 Å². The van der Waals surface area contributed by atoms with E-state index in [1.54, 1.807) is 23.0 Å². The number of pyridine rings is 2. The lowest BCUT2D eigenvalue weighted by molar-refractivity contribution is 0.0940. The van der Waals surface area contributed by atoms with E-state index in [0.717, 1.165) is 22.9 Å². The number of nitrogens with one attached hydrogen (secondary N) is 1. The first-order valence-corrected chi connectivity index (χ1v) is 8.41. The number of amides is 1. The quantitative estimate of drug-likeness (QED) is 0.779. The van der Waals surface area contributed by atoms with E-state index in [4.69, 9.17) is 0 Å². The van der Waals surface area contributed by atoms with Gasteiger partial charge in [0.05, 0.1) is 0 Å². The molecule has 1 amide bonds. The van der Waals surface area contributed by atoms with Gasteiger partial charge in [0.1, 0.15) is 5.69 Å². The first kappa shape index (κ1) is 16.9. The summed E-state index contributed by atoms with van der Waals surface area (Å²) < 4.78 is 1.57. The molecule has 3 aromatic rings. The third-order valence-electron chi connectivity index (χ3n) is 4.12. The van der Waals surface area contributed by atoms with E-state index in [-0.39, 0.29) is 11.5 Å². The lowest BCUT2D eigenvalue weighted by Crippen LogP contribution is -2.32. The number of carbonyl (C=O) groups excluding carboxylic acids is 1. The van der Waals surface area contributed by atoms with Crippen molar-refractivity contribution in [2.75, 3.05) is 0 Å². The van der Waals surface area contributed by atoms with Gasteiger partial charge in [0.2, 0.25) is 0 Å². The standard InChI is InChI=1S/C20H21N3O2/c1-3-9-23-18(19(24)22-13-15-5-4-8-21-12-15)11-16-7-6-14(2)10-17(16)20(23)25/h4-8,10-12H,3,9,13H2,1-2H3,(H,22,24). The molecule has 5 nitrogen and oxygen atoms in total.